The minimum atomic E-state index is -0.980. The Morgan fingerprint density at radius 3 is 2.75 bits per heavy atom. The van der Waals surface area contributed by atoms with E-state index in [1.54, 1.807) is 6.08 Å². The largest absolute Gasteiger partial charge is 0.393 e. The fourth-order valence-electron chi connectivity index (χ4n) is 1.42. The molecule has 0 unspecified atom stereocenters. The van der Waals surface area contributed by atoms with Crippen molar-refractivity contribution >= 4 is 0 Å². The van der Waals surface area contributed by atoms with Gasteiger partial charge in [-0.2, -0.15) is 0 Å². The number of hydrogen-bond donors (Lipinski definition) is 2. The first-order chi connectivity index (χ1) is 5.57. The van der Waals surface area contributed by atoms with Crippen molar-refractivity contribution in [2.75, 3.05) is 6.61 Å². The van der Waals surface area contributed by atoms with E-state index in [2.05, 4.69) is 6.58 Å². The first kappa shape index (κ1) is 9.49. The van der Waals surface area contributed by atoms with Gasteiger partial charge in [0.05, 0.1) is 6.61 Å². The summed E-state index contributed by atoms with van der Waals surface area (Å²) < 4.78 is 0. The van der Waals surface area contributed by atoms with Crippen LogP contribution in [0.5, 0.6) is 0 Å². The summed E-state index contributed by atoms with van der Waals surface area (Å²) in [4.78, 5) is 0. The maximum Gasteiger partial charge on any atom is 0.106 e. The molecule has 0 aromatic carbocycles. The second-order valence-corrected chi connectivity index (χ2v) is 3.61. The molecule has 0 saturated carbocycles. The summed E-state index contributed by atoms with van der Waals surface area (Å²) in [5.41, 5.74) is 0.137. The minimum absolute atomic E-state index is 0.188. The molecule has 0 bridgehead atoms. The van der Waals surface area contributed by atoms with Gasteiger partial charge in [-0.15, -0.1) is 0 Å². The van der Waals surface area contributed by atoms with Crippen molar-refractivity contribution in [2.24, 2.45) is 5.92 Å². The summed E-state index contributed by atoms with van der Waals surface area (Å²) in [5, 5.41) is 18.5. The number of aliphatic hydroxyl groups excluding tert-OH is 1. The fraction of sp³-hybridized carbons (Fsp3) is 0.600. The van der Waals surface area contributed by atoms with Gasteiger partial charge in [0.1, 0.15) is 5.60 Å². The zero-order chi connectivity index (χ0) is 9.19. The third-order valence-electron chi connectivity index (χ3n) is 2.43. The molecule has 1 aliphatic rings. The molecule has 0 heterocycles. The van der Waals surface area contributed by atoms with Gasteiger partial charge in [0.15, 0.2) is 0 Å². The molecule has 68 valence electrons. The van der Waals surface area contributed by atoms with Crippen molar-refractivity contribution in [2.45, 2.75) is 25.4 Å². The summed E-state index contributed by atoms with van der Waals surface area (Å²) >= 11 is 0. The van der Waals surface area contributed by atoms with Crippen LogP contribution in [0, 0.1) is 5.92 Å². The Morgan fingerprint density at radius 1 is 1.75 bits per heavy atom. The van der Waals surface area contributed by atoms with Crippen LogP contribution in [-0.2, 0) is 0 Å². The normalized spacial score (nSPS) is 35.1. The Balaban J connectivity index is 2.64. The summed E-state index contributed by atoms with van der Waals surface area (Å²) in [6, 6.07) is 0. The molecule has 2 nitrogen and oxygen atoms in total. The minimum Gasteiger partial charge on any atom is -0.393 e. The molecule has 2 atom stereocenters. The van der Waals surface area contributed by atoms with Gasteiger partial charge in [-0.25, -0.2) is 0 Å². The first-order valence-electron chi connectivity index (χ1n) is 4.25. The molecule has 1 rings (SSSR count). The topological polar surface area (TPSA) is 40.5 Å². The first-order valence-corrected chi connectivity index (χ1v) is 4.25. The molecular weight excluding hydrogens is 152 g/mol. The number of hydrogen-bond acceptors (Lipinski definition) is 2. The lowest BCUT2D eigenvalue weighted by Crippen LogP contribution is -2.33. The molecular formula is C10H16O2. The average Bonchev–Trinajstić information content (AvgIpc) is 2.05. The van der Waals surface area contributed by atoms with Crippen molar-refractivity contribution in [3.63, 3.8) is 0 Å². The molecule has 0 fully saturated rings. The van der Waals surface area contributed by atoms with Crippen LogP contribution >= 0.6 is 0 Å². The zero-order valence-electron chi connectivity index (χ0n) is 7.45. The van der Waals surface area contributed by atoms with Crippen LogP contribution in [0.1, 0.15) is 19.8 Å². The van der Waals surface area contributed by atoms with E-state index in [9.17, 15) is 5.11 Å². The van der Waals surface area contributed by atoms with E-state index >= 15 is 0 Å². The average molecular weight is 168 g/mol. The van der Waals surface area contributed by atoms with Crippen LogP contribution in [0.3, 0.4) is 0 Å². The van der Waals surface area contributed by atoms with Gasteiger partial charge in [0.25, 0.3) is 0 Å². The molecule has 2 N–H and O–H groups in total. The highest BCUT2D eigenvalue weighted by molar-refractivity contribution is 5.15. The Kier molecular flexibility index (Phi) is 2.70. The maximum atomic E-state index is 9.61. The van der Waals surface area contributed by atoms with Crippen LogP contribution in [-0.4, -0.2) is 22.4 Å². The Labute approximate surface area is 73.2 Å². The maximum absolute atomic E-state index is 9.61. The lowest BCUT2D eigenvalue weighted by Gasteiger charge is -2.29. The van der Waals surface area contributed by atoms with Crippen LogP contribution in [0.2, 0.25) is 0 Å². The molecule has 0 radical (unpaired) electrons. The van der Waals surface area contributed by atoms with Crippen LogP contribution in [0.4, 0.5) is 0 Å². The van der Waals surface area contributed by atoms with E-state index in [0.29, 0.717) is 12.3 Å². The van der Waals surface area contributed by atoms with Crippen molar-refractivity contribution in [3.8, 4) is 0 Å². The highest BCUT2D eigenvalue weighted by Gasteiger charge is 2.27. The lowest BCUT2D eigenvalue weighted by atomic mass is 9.83. The highest BCUT2D eigenvalue weighted by atomic mass is 16.3. The molecule has 0 aliphatic heterocycles. The number of aliphatic hydroxyl groups is 2. The van der Waals surface area contributed by atoms with Crippen molar-refractivity contribution < 1.29 is 10.2 Å². The molecule has 0 aromatic heterocycles. The molecule has 0 amide bonds. The van der Waals surface area contributed by atoms with Gasteiger partial charge >= 0.3 is 0 Å². The van der Waals surface area contributed by atoms with E-state index in [1.165, 1.54) is 0 Å². The number of rotatable bonds is 2. The Bertz CT molecular complexity index is 208. The second kappa shape index (κ2) is 3.42. The molecule has 0 saturated heterocycles. The highest BCUT2D eigenvalue weighted by Crippen LogP contribution is 2.28. The standard InChI is InChI=1S/C10H16O2/c1-8(2)9-3-5-10(12,7-11)6-4-9/h3,5,9,11-12H,1,4,6-7H2,2H3/t9-,10+/m0/s1. The van der Waals surface area contributed by atoms with Crippen molar-refractivity contribution in [1.29, 1.82) is 0 Å². The fourth-order valence-corrected chi connectivity index (χ4v) is 1.42. The van der Waals surface area contributed by atoms with Gasteiger partial charge < -0.3 is 10.2 Å². The van der Waals surface area contributed by atoms with Gasteiger partial charge in [0.2, 0.25) is 0 Å². The zero-order valence-corrected chi connectivity index (χ0v) is 7.45. The molecule has 0 aromatic rings. The van der Waals surface area contributed by atoms with Crippen LogP contribution in [0.25, 0.3) is 0 Å². The van der Waals surface area contributed by atoms with E-state index < -0.39 is 5.60 Å². The summed E-state index contributed by atoms with van der Waals surface area (Å²) in [7, 11) is 0. The van der Waals surface area contributed by atoms with Crippen LogP contribution in [0.15, 0.2) is 24.3 Å². The van der Waals surface area contributed by atoms with Crippen LogP contribution < -0.4 is 0 Å². The summed E-state index contributed by atoms with van der Waals surface area (Å²) in [6.07, 6.45) is 5.12. The SMILES string of the molecule is C=C(C)[C@H]1C=C[C@](O)(CO)CC1. The third kappa shape index (κ3) is 1.96. The Hall–Kier alpha value is -0.600. The Morgan fingerprint density at radius 2 is 2.42 bits per heavy atom. The van der Waals surface area contributed by atoms with Gasteiger partial charge in [-0.3, -0.25) is 0 Å². The van der Waals surface area contributed by atoms with E-state index in [1.807, 2.05) is 13.0 Å². The van der Waals surface area contributed by atoms with Gasteiger partial charge in [-0.1, -0.05) is 24.3 Å². The monoisotopic (exact) mass is 168 g/mol. The van der Waals surface area contributed by atoms with Crippen molar-refractivity contribution in [1.82, 2.24) is 0 Å². The molecule has 2 heteroatoms. The van der Waals surface area contributed by atoms with E-state index in [-0.39, 0.29) is 6.61 Å². The predicted octanol–water partition coefficient (Wildman–Crippen LogP) is 1.25. The van der Waals surface area contributed by atoms with E-state index in [4.69, 9.17) is 5.11 Å². The summed E-state index contributed by atoms with van der Waals surface area (Å²) in [6.45, 7) is 5.65. The lowest BCUT2D eigenvalue weighted by molar-refractivity contribution is 0.0127. The molecule has 0 spiro atoms. The third-order valence-corrected chi connectivity index (χ3v) is 2.43. The predicted molar refractivity (Wildman–Crippen MR) is 48.7 cm³/mol. The summed E-state index contributed by atoms with van der Waals surface area (Å²) in [5.74, 6) is 0.372. The van der Waals surface area contributed by atoms with E-state index in [0.717, 1.165) is 12.0 Å². The van der Waals surface area contributed by atoms with Gasteiger partial charge in [0, 0.05) is 0 Å². The quantitative estimate of drug-likeness (QED) is 0.609. The van der Waals surface area contributed by atoms with Crippen molar-refractivity contribution in [3.05, 3.63) is 24.3 Å². The molecule has 12 heavy (non-hydrogen) atoms. The second-order valence-electron chi connectivity index (χ2n) is 3.61. The van der Waals surface area contributed by atoms with Gasteiger partial charge in [-0.05, 0) is 25.7 Å². The smallest absolute Gasteiger partial charge is 0.106 e. The number of allylic oxidation sites excluding steroid dienone is 2. The molecule has 1 aliphatic carbocycles.